The molecule has 102 valence electrons. The average molecular weight is 337 g/mol. The van der Waals surface area contributed by atoms with E-state index in [2.05, 4.69) is 58.4 Å². The van der Waals surface area contributed by atoms with Crippen LogP contribution in [0.3, 0.4) is 0 Å². The number of hydrogen-bond acceptors (Lipinski definition) is 1. The van der Waals surface area contributed by atoms with E-state index < -0.39 is 0 Å². The Morgan fingerprint density at radius 2 is 1.71 bits per heavy atom. The van der Waals surface area contributed by atoms with E-state index in [9.17, 15) is 0 Å². The number of hydrogen-bond donors (Lipinski definition) is 0. The molecule has 0 aliphatic carbocycles. The molecule has 0 fully saturated rings. The zero-order valence-electron chi connectivity index (χ0n) is 11.5. The molecule has 0 unspecified atom stereocenters. The van der Waals surface area contributed by atoms with Crippen LogP contribution in [-0.2, 0) is 7.05 Å². The van der Waals surface area contributed by atoms with Crippen molar-refractivity contribution in [1.29, 1.82) is 0 Å². The summed E-state index contributed by atoms with van der Waals surface area (Å²) >= 11 is 3.54. The Balaban J connectivity index is 2.09. The van der Waals surface area contributed by atoms with Crippen LogP contribution in [0.15, 0.2) is 65.1 Å². The van der Waals surface area contributed by atoms with Gasteiger partial charge in [0.25, 0.3) is 0 Å². The summed E-state index contributed by atoms with van der Waals surface area (Å²) in [5.74, 6) is 0. The molecule has 4 aromatic rings. The van der Waals surface area contributed by atoms with E-state index in [0.717, 1.165) is 21.2 Å². The van der Waals surface area contributed by atoms with Gasteiger partial charge in [-0.25, -0.2) is 0 Å². The first-order valence-corrected chi connectivity index (χ1v) is 7.63. The van der Waals surface area contributed by atoms with Crippen molar-refractivity contribution in [2.45, 2.75) is 0 Å². The third kappa shape index (κ3) is 2.05. The van der Waals surface area contributed by atoms with E-state index in [1.54, 1.807) is 0 Å². The first-order valence-electron chi connectivity index (χ1n) is 6.84. The summed E-state index contributed by atoms with van der Waals surface area (Å²) in [6, 6.07) is 21.1. The van der Waals surface area contributed by atoms with Gasteiger partial charge >= 0.3 is 0 Å². The predicted octanol–water partition coefficient (Wildman–Crippen LogP) is 5.16. The van der Waals surface area contributed by atoms with Gasteiger partial charge in [-0.2, -0.15) is 5.10 Å². The first-order chi connectivity index (χ1) is 10.2. The van der Waals surface area contributed by atoms with Gasteiger partial charge in [-0.1, -0.05) is 52.3 Å². The van der Waals surface area contributed by atoms with Gasteiger partial charge in [-0.15, -0.1) is 0 Å². The van der Waals surface area contributed by atoms with Gasteiger partial charge < -0.3 is 0 Å². The number of halogens is 1. The fourth-order valence-corrected chi connectivity index (χ4v) is 3.16. The normalized spacial score (nSPS) is 11.3. The van der Waals surface area contributed by atoms with Crippen LogP contribution < -0.4 is 0 Å². The van der Waals surface area contributed by atoms with Crippen molar-refractivity contribution in [3.63, 3.8) is 0 Å². The molecule has 0 saturated carbocycles. The largest absolute Gasteiger partial charge is 0.267 e. The highest BCUT2D eigenvalue weighted by molar-refractivity contribution is 9.10. The molecular formula is C18H13BrN2. The Kier molecular flexibility index (Phi) is 2.82. The van der Waals surface area contributed by atoms with Crippen LogP contribution >= 0.6 is 15.9 Å². The van der Waals surface area contributed by atoms with E-state index >= 15 is 0 Å². The Bertz CT molecular complexity index is 955. The molecule has 4 rings (SSSR count). The highest BCUT2D eigenvalue weighted by atomic mass is 79.9. The van der Waals surface area contributed by atoms with Crippen molar-refractivity contribution in [3.05, 3.63) is 65.1 Å². The number of fused-ring (bicyclic) bond motifs is 2. The molecule has 3 heteroatoms. The minimum atomic E-state index is 1.04. The summed E-state index contributed by atoms with van der Waals surface area (Å²) in [7, 11) is 2.00. The molecule has 2 nitrogen and oxygen atoms in total. The smallest absolute Gasteiger partial charge is 0.100 e. The maximum absolute atomic E-state index is 4.71. The zero-order chi connectivity index (χ0) is 14.4. The van der Waals surface area contributed by atoms with Crippen molar-refractivity contribution in [2.24, 2.45) is 7.05 Å². The standard InChI is InChI=1S/C18H13BrN2/c1-21-17-11-13-7-8-15(19)9-14(13)10-16(17)18(20-21)12-5-3-2-4-6-12/h2-11H,1H3. The van der Waals surface area contributed by atoms with E-state index in [0.29, 0.717) is 0 Å². The van der Waals surface area contributed by atoms with Crippen LogP contribution in [-0.4, -0.2) is 9.78 Å². The molecule has 1 heterocycles. The van der Waals surface area contributed by atoms with Gasteiger partial charge in [0.15, 0.2) is 0 Å². The lowest BCUT2D eigenvalue weighted by molar-refractivity contribution is 0.801. The van der Waals surface area contributed by atoms with Crippen LogP contribution in [0, 0.1) is 0 Å². The second-order valence-corrected chi connectivity index (χ2v) is 6.11. The molecule has 0 aliphatic heterocycles. The van der Waals surface area contributed by atoms with Crippen molar-refractivity contribution in [2.75, 3.05) is 0 Å². The van der Waals surface area contributed by atoms with Crippen LogP contribution in [0.2, 0.25) is 0 Å². The Labute approximate surface area is 131 Å². The maximum Gasteiger partial charge on any atom is 0.100 e. The molecule has 0 saturated heterocycles. The van der Waals surface area contributed by atoms with Gasteiger partial charge in [-0.3, -0.25) is 4.68 Å². The molecule has 0 aliphatic rings. The lowest BCUT2D eigenvalue weighted by atomic mass is 10.0. The van der Waals surface area contributed by atoms with Gasteiger partial charge in [0.2, 0.25) is 0 Å². The summed E-state index contributed by atoms with van der Waals surface area (Å²) in [4.78, 5) is 0. The fourth-order valence-electron chi connectivity index (χ4n) is 2.78. The summed E-state index contributed by atoms with van der Waals surface area (Å²) in [5.41, 5.74) is 3.34. The molecule has 21 heavy (non-hydrogen) atoms. The fraction of sp³-hybridized carbons (Fsp3) is 0.0556. The molecular weight excluding hydrogens is 324 g/mol. The van der Waals surface area contributed by atoms with Crippen molar-refractivity contribution >= 4 is 37.6 Å². The summed E-state index contributed by atoms with van der Waals surface area (Å²) in [6.45, 7) is 0. The Morgan fingerprint density at radius 3 is 2.52 bits per heavy atom. The lowest BCUT2D eigenvalue weighted by Crippen LogP contribution is -1.89. The van der Waals surface area contributed by atoms with Crippen molar-refractivity contribution in [3.8, 4) is 11.3 Å². The SMILES string of the molecule is Cn1nc(-c2ccccc2)c2cc3cc(Br)ccc3cc21. The van der Waals surface area contributed by atoms with E-state index in [-0.39, 0.29) is 0 Å². The minimum Gasteiger partial charge on any atom is -0.267 e. The predicted molar refractivity (Wildman–Crippen MR) is 91.4 cm³/mol. The lowest BCUT2D eigenvalue weighted by Gasteiger charge is -2.02. The first kappa shape index (κ1) is 12.6. The van der Waals surface area contributed by atoms with Crippen molar-refractivity contribution < 1.29 is 0 Å². The van der Waals surface area contributed by atoms with Crippen LogP contribution in [0.4, 0.5) is 0 Å². The summed E-state index contributed by atoms with van der Waals surface area (Å²) < 4.78 is 3.05. The molecule has 0 atom stereocenters. The Hall–Kier alpha value is -2.13. The monoisotopic (exact) mass is 336 g/mol. The average Bonchev–Trinajstić information content (AvgIpc) is 2.82. The van der Waals surface area contributed by atoms with Crippen molar-refractivity contribution in [1.82, 2.24) is 9.78 Å². The summed E-state index contributed by atoms with van der Waals surface area (Å²) in [5, 5.41) is 8.35. The highest BCUT2D eigenvalue weighted by Gasteiger charge is 2.11. The maximum atomic E-state index is 4.71. The third-order valence-corrected chi connectivity index (χ3v) is 4.31. The number of benzene rings is 3. The quantitative estimate of drug-likeness (QED) is 0.469. The number of aryl methyl sites for hydroxylation is 1. The topological polar surface area (TPSA) is 17.8 Å². The molecule has 0 N–H and O–H groups in total. The van der Waals surface area contributed by atoms with E-state index in [1.165, 1.54) is 16.2 Å². The minimum absolute atomic E-state index is 1.04. The molecule has 0 bridgehead atoms. The number of rotatable bonds is 1. The van der Waals surface area contributed by atoms with Gasteiger partial charge in [0.1, 0.15) is 5.69 Å². The van der Waals surface area contributed by atoms with Crippen LogP contribution in [0.25, 0.3) is 32.9 Å². The Morgan fingerprint density at radius 1 is 0.905 bits per heavy atom. The molecule has 0 spiro atoms. The molecule has 0 amide bonds. The van der Waals surface area contributed by atoms with Gasteiger partial charge in [-0.05, 0) is 35.0 Å². The molecule has 0 radical (unpaired) electrons. The third-order valence-electron chi connectivity index (χ3n) is 3.82. The molecule has 1 aromatic heterocycles. The van der Waals surface area contributed by atoms with Gasteiger partial charge in [0.05, 0.1) is 5.52 Å². The van der Waals surface area contributed by atoms with Crippen LogP contribution in [0.5, 0.6) is 0 Å². The summed E-state index contributed by atoms with van der Waals surface area (Å²) in [6.07, 6.45) is 0. The highest BCUT2D eigenvalue weighted by Crippen LogP contribution is 2.31. The van der Waals surface area contributed by atoms with E-state index in [4.69, 9.17) is 5.10 Å². The number of aromatic nitrogens is 2. The second-order valence-electron chi connectivity index (χ2n) is 5.20. The van der Waals surface area contributed by atoms with Gasteiger partial charge in [0, 0.05) is 22.5 Å². The zero-order valence-corrected chi connectivity index (χ0v) is 13.1. The van der Waals surface area contributed by atoms with Crippen LogP contribution in [0.1, 0.15) is 0 Å². The van der Waals surface area contributed by atoms with E-state index in [1.807, 2.05) is 29.9 Å². The second kappa shape index (κ2) is 4.71. The number of nitrogens with zero attached hydrogens (tertiary/aromatic N) is 2. The molecule has 3 aromatic carbocycles.